The van der Waals surface area contributed by atoms with Gasteiger partial charge in [-0.3, -0.25) is 4.57 Å². The maximum Gasteiger partial charge on any atom is 0.137 e. The van der Waals surface area contributed by atoms with Crippen LogP contribution in [0.4, 0.5) is 22.7 Å². The summed E-state index contributed by atoms with van der Waals surface area (Å²) < 4.78 is 9.98. The Hall–Kier alpha value is -9.45. The summed E-state index contributed by atoms with van der Waals surface area (Å²) in [7, 11) is 0. The van der Waals surface area contributed by atoms with Gasteiger partial charge in [0.05, 0.1) is 33.5 Å². The topological polar surface area (TPSA) is 33.5 Å². The number of nitrogens with zero attached hydrogens (tertiary/aromatic N) is 4. The van der Waals surface area contributed by atoms with Crippen LogP contribution in [-0.4, -0.2) is 16.2 Å². The lowest BCUT2D eigenvalue weighted by Crippen LogP contribution is -2.35. The molecular weight excluding hydrogens is 1070 g/mol. The van der Waals surface area contributed by atoms with Gasteiger partial charge in [-0.15, -0.1) is 0 Å². The highest BCUT2D eigenvalue weighted by Gasteiger charge is 2.47. The van der Waals surface area contributed by atoms with Gasteiger partial charge < -0.3 is 14.5 Å². The Morgan fingerprint density at radius 1 is 0.432 bits per heavy atom. The van der Waals surface area contributed by atoms with Crippen LogP contribution < -0.4 is 14.5 Å². The van der Waals surface area contributed by atoms with E-state index in [0.29, 0.717) is 6.67 Å². The van der Waals surface area contributed by atoms with E-state index in [0.717, 1.165) is 58.0 Å². The van der Waals surface area contributed by atoms with Gasteiger partial charge in [-0.05, 0) is 156 Å². The number of para-hydroxylation sites is 3. The minimum Gasteiger partial charge on any atom is -0.457 e. The highest BCUT2D eigenvalue weighted by molar-refractivity contribution is 6.09. The summed E-state index contributed by atoms with van der Waals surface area (Å²) in [5.74, 6) is 2.53. The maximum absolute atomic E-state index is 7.62. The van der Waals surface area contributed by atoms with Crippen LogP contribution in [0.3, 0.4) is 0 Å². The molecule has 88 heavy (non-hydrogen) atoms. The smallest absolute Gasteiger partial charge is 0.137 e. The molecule has 0 N–H and O–H groups in total. The van der Waals surface area contributed by atoms with Gasteiger partial charge in [-0.2, -0.15) is 0 Å². The van der Waals surface area contributed by atoms with Crippen molar-refractivity contribution < 1.29 is 4.74 Å². The number of anilines is 4. The Morgan fingerprint density at radius 2 is 0.989 bits per heavy atom. The van der Waals surface area contributed by atoms with Gasteiger partial charge >= 0.3 is 0 Å². The molecule has 5 heteroatoms. The molecule has 2 aliphatic carbocycles. The number of fused-ring (bicyclic) bond motifs is 8. The van der Waals surface area contributed by atoms with Crippen LogP contribution in [0, 0.1) is 0 Å². The second-order valence-corrected chi connectivity index (χ2v) is 28.2. The summed E-state index contributed by atoms with van der Waals surface area (Å²) in [6, 6.07) is 88.1. The quantitative estimate of drug-likeness (QED) is 0.144. The van der Waals surface area contributed by atoms with Crippen LogP contribution >= 0.6 is 0 Å². The average molecular weight is 1150 g/mol. The van der Waals surface area contributed by atoms with E-state index in [9.17, 15) is 0 Å². The van der Waals surface area contributed by atoms with Crippen molar-refractivity contribution in [2.75, 3.05) is 16.5 Å². The molecule has 0 atom stereocenters. The summed E-state index contributed by atoms with van der Waals surface area (Å²) in [5.41, 5.74) is 23.4. The predicted molar refractivity (Wildman–Crippen MR) is 368 cm³/mol. The van der Waals surface area contributed by atoms with Gasteiger partial charge in [-0.25, -0.2) is 4.98 Å². The first-order valence-corrected chi connectivity index (χ1v) is 31.5. The first kappa shape index (κ1) is 55.2. The number of rotatable bonds is 9. The van der Waals surface area contributed by atoms with Crippen molar-refractivity contribution in [3.05, 3.63) is 287 Å². The van der Waals surface area contributed by atoms with Crippen LogP contribution in [-0.2, 0) is 27.1 Å². The van der Waals surface area contributed by atoms with E-state index in [2.05, 4.69) is 320 Å². The van der Waals surface area contributed by atoms with Gasteiger partial charge in [0.2, 0.25) is 0 Å². The molecular formula is C83H76N4O. The van der Waals surface area contributed by atoms with Crippen molar-refractivity contribution in [3.8, 4) is 50.7 Å². The van der Waals surface area contributed by atoms with E-state index in [1.165, 1.54) is 94.6 Å². The molecule has 0 saturated heterocycles. The Balaban J connectivity index is 0.887. The van der Waals surface area contributed by atoms with Crippen molar-refractivity contribution in [3.63, 3.8) is 0 Å². The van der Waals surface area contributed by atoms with Crippen LogP contribution in [0.15, 0.2) is 243 Å². The fourth-order valence-electron chi connectivity index (χ4n) is 15.0. The highest BCUT2D eigenvalue weighted by Crippen LogP contribution is 2.58. The fraction of sp³-hybridized carbons (Fsp3) is 0.217. The molecule has 12 aromatic rings. The third-order valence-electron chi connectivity index (χ3n) is 19.8. The maximum atomic E-state index is 7.62. The Labute approximate surface area is 519 Å². The summed E-state index contributed by atoms with van der Waals surface area (Å²) in [6.07, 6.45) is 4.13. The standard InChI is InChI=1S/C83H76N4O/c1-79(2,3)56-37-39-57(40-38-56)83(68-32-20-17-29-62(68)63-30-18-21-33-69(63)83)58-43-46-84-76(49-58)87-71-34-22-19-31-64(71)65-42-41-61(52-74(65)87)88-75-51-60(50-70-77(75)82(9,10)45-44-81(70,7)8)85-53-86(73-36-24-23-35-72(73)85)78-66(54-25-13-11-14-26-54)47-59(80(4,5)6)48-67(78)55-27-15-12-16-28-55/h11-43,46-52H,44-45,53H2,1-10H3. The summed E-state index contributed by atoms with van der Waals surface area (Å²) in [4.78, 5) is 10.4. The number of hydrogen-bond donors (Lipinski definition) is 0. The molecule has 10 aromatic carbocycles. The largest absolute Gasteiger partial charge is 0.457 e. The molecule has 434 valence electrons. The van der Waals surface area contributed by atoms with Gasteiger partial charge in [0.15, 0.2) is 0 Å². The second-order valence-electron chi connectivity index (χ2n) is 28.2. The molecule has 0 spiro atoms. The zero-order valence-corrected chi connectivity index (χ0v) is 52.4. The second kappa shape index (κ2) is 20.3. The number of aromatic nitrogens is 2. The summed E-state index contributed by atoms with van der Waals surface area (Å²) in [5, 5.41) is 2.31. The normalized spacial score (nSPS) is 15.5. The van der Waals surface area contributed by atoms with E-state index in [1.54, 1.807) is 0 Å². The van der Waals surface area contributed by atoms with Crippen molar-refractivity contribution in [2.45, 2.75) is 109 Å². The fourth-order valence-corrected chi connectivity index (χ4v) is 15.0. The molecule has 0 saturated carbocycles. The van der Waals surface area contributed by atoms with Gasteiger partial charge in [0.1, 0.15) is 24.0 Å². The van der Waals surface area contributed by atoms with Crippen LogP contribution in [0.5, 0.6) is 11.5 Å². The number of benzene rings is 10. The SMILES string of the molecule is CC(C)(C)c1ccc(C2(c3ccnc(-n4c5ccccc5c5ccc(Oc6cc(N7CN(c8c(-c9ccccc9)cc(C(C)(C)C)cc8-c8ccccc8)c8ccccc87)cc7c6C(C)(C)CCC7(C)C)cc54)c3)c3ccccc3-c3ccccc32)cc1. The average Bonchev–Trinajstić information content (AvgIpc) is 1.54. The molecule has 3 heterocycles. The minimum atomic E-state index is -0.600. The predicted octanol–water partition coefficient (Wildman–Crippen LogP) is 21.9. The van der Waals surface area contributed by atoms with Crippen LogP contribution in [0.1, 0.15) is 127 Å². The molecule has 15 rings (SSSR count). The zero-order chi connectivity index (χ0) is 60.5. The van der Waals surface area contributed by atoms with Gasteiger partial charge in [-0.1, -0.05) is 233 Å². The molecule has 5 nitrogen and oxygen atoms in total. The van der Waals surface area contributed by atoms with Crippen molar-refractivity contribution in [1.29, 1.82) is 0 Å². The van der Waals surface area contributed by atoms with Crippen molar-refractivity contribution in [1.82, 2.24) is 9.55 Å². The third-order valence-corrected chi connectivity index (χ3v) is 19.8. The molecule has 0 amide bonds. The number of pyridine rings is 1. The Morgan fingerprint density at radius 3 is 1.62 bits per heavy atom. The first-order valence-electron chi connectivity index (χ1n) is 31.5. The van der Waals surface area contributed by atoms with Gasteiger partial charge in [0.25, 0.3) is 0 Å². The molecule has 0 radical (unpaired) electrons. The number of ether oxygens (including phenoxy) is 1. The Kier molecular flexibility index (Phi) is 12.7. The molecule has 1 aliphatic heterocycles. The molecule has 0 bridgehead atoms. The lowest BCUT2D eigenvalue weighted by atomic mass is 9.63. The molecule has 0 unspecified atom stereocenters. The molecule has 3 aliphatic rings. The molecule has 0 fully saturated rings. The Bertz CT molecular complexity index is 4600. The van der Waals surface area contributed by atoms with E-state index in [-0.39, 0.29) is 21.7 Å². The van der Waals surface area contributed by atoms with Crippen molar-refractivity contribution in [2.24, 2.45) is 0 Å². The molecule has 2 aromatic heterocycles. The summed E-state index contributed by atoms with van der Waals surface area (Å²) >= 11 is 0. The van der Waals surface area contributed by atoms with Crippen LogP contribution in [0.25, 0.3) is 61.0 Å². The number of hydrogen-bond acceptors (Lipinski definition) is 4. The van der Waals surface area contributed by atoms with Crippen molar-refractivity contribution >= 4 is 44.6 Å². The summed E-state index contributed by atoms with van der Waals surface area (Å²) in [6.45, 7) is 24.1. The van der Waals surface area contributed by atoms with Crippen LogP contribution in [0.2, 0.25) is 0 Å². The first-order chi connectivity index (χ1) is 42.4. The van der Waals surface area contributed by atoms with Gasteiger partial charge in [0, 0.05) is 51.5 Å². The highest BCUT2D eigenvalue weighted by atomic mass is 16.5. The lowest BCUT2D eigenvalue weighted by Gasteiger charge is -2.43. The lowest BCUT2D eigenvalue weighted by molar-refractivity contribution is 0.320. The van der Waals surface area contributed by atoms with E-state index in [1.807, 2.05) is 6.20 Å². The van der Waals surface area contributed by atoms with E-state index in [4.69, 9.17) is 9.72 Å². The van der Waals surface area contributed by atoms with E-state index >= 15 is 0 Å². The third kappa shape index (κ3) is 8.82. The monoisotopic (exact) mass is 1140 g/mol. The van der Waals surface area contributed by atoms with E-state index < -0.39 is 5.41 Å². The zero-order valence-electron chi connectivity index (χ0n) is 52.4. The minimum absolute atomic E-state index is 0.0123.